The fraction of sp³-hybridized carbons (Fsp3) is 0.400. The van der Waals surface area contributed by atoms with Gasteiger partial charge in [0.1, 0.15) is 0 Å². The van der Waals surface area contributed by atoms with E-state index in [1.165, 1.54) is 116 Å². The molecule has 1 N–H and O–H groups in total. The molecule has 3 aromatic heterocycles. The van der Waals surface area contributed by atoms with Crippen molar-refractivity contribution in [3.8, 4) is 0 Å². The number of hydrogen-bond donors (Lipinski definition) is 1. The van der Waals surface area contributed by atoms with E-state index in [0.29, 0.717) is 0 Å². The van der Waals surface area contributed by atoms with Crippen molar-refractivity contribution >= 4 is 68.8 Å². The monoisotopic (exact) mass is 962 g/mol. The van der Waals surface area contributed by atoms with Gasteiger partial charge in [-0.3, -0.25) is 0 Å². The van der Waals surface area contributed by atoms with Crippen LogP contribution in [-0.4, -0.2) is 91.5 Å². The average molecular weight is 962 g/mol. The summed E-state index contributed by atoms with van der Waals surface area (Å²) in [6.07, 6.45) is 52.2. The van der Waals surface area contributed by atoms with E-state index < -0.39 is 0 Å². The van der Waals surface area contributed by atoms with Crippen molar-refractivity contribution in [1.82, 2.24) is 39.1 Å². The van der Waals surface area contributed by atoms with E-state index in [4.69, 9.17) is 9.97 Å². The molecule has 0 unspecified atom stereocenters. The Hall–Kier alpha value is -5.76. The SMILES string of the molecule is CCCCCN1C=CC(c2c(C3=CCN(CCCCC)C=C3)c3c(C4=CCN(CCCCC)C=C4)c4nc(cc5ccc(cc6nc(cc2n3C2=CCN(CCCCC)C=C2)C=C6)[nH]5)C=C4)=CC1.[Mn]. The van der Waals surface area contributed by atoms with Gasteiger partial charge in [0, 0.05) is 109 Å². The van der Waals surface area contributed by atoms with Gasteiger partial charge in [0.25, 0.3) is 0 Å². The Labute approximate surface area is 423 Å². The number of nitrogens with one attached hydrogen (secondary N) is 1. The molecule has 0 atom stereocenters. The molecule has 0 fully saturated rings. The third-order valence-electron chi connectivity index (χ3n) is 14.0. The first-order chi connectivity index (χ1) is 33.5. The third-order valence-corrected chi connectivity index (χ3v) is 14.0. The van der Waals surface area contributed by atoms with Crippen LogP contribution in [0.1, 0.15) is 144 Å². The Morgan fingerprint density at radius 2 is 0.884 bits per heavy atom. The second kappa shape index (κ2) is 24.2. The van der Waals surface area contributed by atoms with Crippen molar-refractivity contribution in [2.45, 2.75) is 105 Å². The molecule has 6 aliphatic heterocycles. The molecule has 0 saturated heterocycles. The Balaban J connectivity index is 0.00000642. The Bertz CT molecular complexity index is 2780. The minimum Gasteiger partial charge on any atom is -0.374 e. The summed E-state index contributed by atoms with van der Waals surface area (Å²) in [5.74, 6) is 0. The minimum absolute atomic E-state index is 0. The summed E-state index contributed by atoms with van der Waals surface area (Å²) in [7, 11) is 0. The third kappa shape index (κ3) is 12.0. The predicted octanol–water partition coefficient (Wildman–Crippen LogP) is 14.2. The number of unbranched alkanes of at least 4 members (excludes halogenated alkanes) is 8. The van der Waals surface area contributed by atoms with Gasteiger partial charge in [-0.15, -0.1) is 0 Å². The molecule has 69 heavy (non-hydrogen) atoms. The molecule has 0 amide bonds. The van der Waals surface area contributed by atoms with Crippen LogP contribution in [0.2, 0.25) is 0 Å². The number of hydrogen-bond acceptors (Lipinski definition) is 6. The van der Waals surface area contributed by atoms with Crippen LogP contribution in [0.25, 0.3) is 68.8 Å². The number of H-pyrrole nitrogens is 1. The van der Waals surface area contributed by atoms with Crippen molar-refractivity contribution in [3.05, 3.63) is 143 Å². The molecule has 9 heterocycles. The Kier molecular flexibility index (Phi) is 17.4. The zero-order chi connectivity index (χ0) is 46.7. The van der Waals surface area contributed by atoms with E-state index in [1.807, 2.05) is 0 Å². The van der Waals surface area contributed by atoms with Crippen molar-refractivity contribution in [2.75, 3.05) is 52.4 Å². The molecule has 0 aromatic carbocycles. The first-order valence-corrected chi connectivity index (χ1v) is 26.2. The molecule has 0 aliphatic carbocycles. The predicted molar refractivity (Wildman–Crippen MR) is 292 cm³/mol. The Morgan fingerprint density at radius 3 is 1.35 bits per heavy atom. The number of aromatic amines is 1. The molecule has 6 aliphatic rings. The molecular formula is C60H74MnN8. The molecular weight excluding hydrogens is 888 g/mol. The fourth-order valence-electron chi connectivity index (χ4n) is 10.2. The van der Waals surface area contributed by atoms with Crippen LogP contribution < -0.4 is 0 Å². The molecule has 8 nitrogen and oxygen atoms in total. The summed E-state index contributed by atoms with van der Waals surface area (Å²) < 4.78 is 2.59. The van der Waals surface area contributed by atoms with Crippen LogP contribution in [0.15, 0.2) is 104 Å². The molecule has 0 saturated carbocycles. The van der Waals surface area contributed by atoms with E-state index in [-0.39, 0.29) is 17.1 Å². The van der Waals surface area contributed by atoms with Crippen molar-refractivity contribution in [2.24, 2.45) is 0 Å². The van der Waals surface area contributed by atoms with Crippen LogP contribution in [0, 0.1) is 0 Å². The van der Waals surface area contributed by atoms with Gasteiger partial charge in [-0.25, -0.2) is 9.97 Å². The molecule has 361 valence electrons. The zero-order valence-electron chi connectivity index (χ0n) is 41.8. The van der Waals surface area contributed by atoms with Crippen LogP contribution in [-0.2, 0) is 17.1 Å². The molecule has 3 aromatic rings. The van der Waals surface area contributed by atoms with Crippen molar-refractivity contribution < 1.29 is 17.1 Å². The summed E-state index contributed by atoms with van der Waals surface area (Å²) in [5, 5.41) is 0. The number of fused-ring (bicyclic) bond motifs is 8. The van der Waals surface area contributed by atoms with E-state index in [1.54, 1.807) is 0 Å². The van der Waals surface area contributed by atoms with E-state index in [9.17, 15) is 0 Å². The second-order valence-corrected chi connectivity index (χ2v) is 19.2. The van der Waals surface area contributed by atoms with Gasteiger partial charge in [0.2, 0.25) is 0 Å². The van der Waals surface area contributed by atoms with E-state index >= 15 is 0 Å². The first kappa shape index (κ1) is 49.7. The fourth-order valence-corrected chi connectivity index (χ4v) is 10.2. The van der Waals surface area contributed by atoms with Gasteiger partial charge in [0.15, 0.2) is 0 Å². The van der Waals surface area contributed by atoms with Crippen LogP contribution >= 0.6 is 0 Å². The number of nitrogens with zero attached hydrogens (tertiary/aromatic N) is 7. The smallest absolute Gasteiger partial charge is 0.0737 e. The zero-order valence-corrected chi connectivity index (χ0v) is 43.0. The topological polar surface area (TPSA) is 59.5 Å². The van der Waals surface area contributed by atoms with Gasteiger partial charge < -0.3 is 29.2 Å². The summed E-state index contributed by atoms with van der Waals surface area (Å²) in [5.41, 5.74) is 16.6. The van der Waals surface area contributed by atoms with Crippen LogP contribution in [0.3, 0.4) is 0 Å². The molecule has 0 spiro atoms. The first-order valence-electron chi connectivity index (χ1n) is 26.2. The molecule has 9 heteroatoms. The summed E-state index contributed by atoms with van der Waals surface area (Å²) in [6, 6.07) is 10.9. The number of rotatable bonds is 20. The maximum absolute atomic E-state index is 5.55. The van der Waals surface area contributed by atoms with E-state index in [0.717, 1.165) is 97.2 Å². The van der Waals surface area contributed by atoms with Crippen LogP contribution in [0.5, 0.6) is 0 Å². The Morgan fingerprint density at radius 1 is 0.449 bits per heavy atom. The van der Waals surface area contributed by atoms with Gasteiger partial charge in [-0.2, -0.15) is 0 Å². The molecule has 8 bridgehead atoms. The van der Waals surface area contributed by atoms with Gasteiger partial charge >= 0.3 is 0 Å². The maximum atomic E-state index is 5.55. The normalized spacial score (nSPS) is 16.3. The summed E-state index contributed by atoms with van der Waals surface area (Å²) >= 11 is 0. The van der Waals surface area contributed by atoms with Gasteiger partial charge in [0.05, 0.1) is 33.8 Å². The number of allylic oxidation sites excluding steroid dienone is 8. The van der Waals surface area contributed by atoms with Crippen molar-refractivity contribution in [3.63, 3.8) is 0 Å². The second-order valence-electron chi connectivity index (χ2n) is 19.2. The molecule has 1 radical (unpaired) electrons. The molecule has 9 rings (SSSR count). The largest absolute Gasteiger partial charge is 0.374 e. The summed E-state index contributed by atoms with van der Waals surface area (Å²) in [6.45, 7) is 16.8. The van der Waals surface area contributed by atoms with Gasteiger partial charge in [-0.05, 0) is 146 Å². The maximum Gasteiger partial charge on any atom is 0.0737 e. The van der Waals surface area contributed by atoms with Gasteiger partial charge in [-0.1, -0.05) is 97.3 Å². The van der Waals surface area contributed by atoms with E-state index in [2.05, 4.69) is 185 Å². The van der Waals surface area contributed by atoms with Crippen LogP contribution in [0.4, 0.5) is 0 Å². The standard InChI is InChI=1S/C60H74N8.Mn/c1-5-9-13-31-64-35-23-46(24-36-64)57-55-22-21-52(63-55)44-51-18-17-49(61-51)43-50-19-20-53(62-50)45-56-58(47-25-37-65(38-26-47)32-14-10-6-2)59(48-27-39-66(40-28-48)33-15-11-7-3)60(57)68(56)54-29-41-67(42-30-54)34-16-12-8-4;/h17-30,35,37,39,41,43-45,61H,5-16,31-34,36,38,40,42H2,1-4H3;. The minimum atomic E-state index is 0. The average Bonchev–Trinajstić information content (AvgIpc) is 4.19. The summed E-state index contributed by atoms with van der Waals surface area (Å²) in [4.78, 5) is 24.4. The number of aromatic nitrogens is 4. The quantitative estimate of drug-likeness (QED) is 0.0620. The van der Waals surface area contributed by atoms with Crippen molar-refractivity contribution in [1.29, 1.82) is 0 Å².